The first-order valence-electron chi connectivity index (χ1n) is 7.23. The van der Waals surface area contributed by atoms with Gasteiger partial charge >= 0.3 is 7.12 Å². The molecule has 3 saturated carbocycles. The van der Waals surface area contributed by atoms with Crippen LogP contribution in [0.5, 0.6) is 0 Å². The summed E-state index contributed by atoms with van der Waals surface area (Å²) in [5.41, 5.74) is 8.62. The van der Waals surface area contributed by atoms with E-state index in [1.807, 2.05) is 6.92 Å². The highest BCUT2D eigenvalue weighted by Gasteiger charge is 2.68. The zero-order valence-corrected chi connectivity index (χ0v) is 12.2. The van der Waals surface area contributed by atoms with E-state index in [9.17, 15) is 0 Å². The minimum absolute atomic E-state index is 0.110. The van der Waals surface area contributed by atoms with E-state index in [-0.39, 0.29) is 24.6 Å². The first-order chi connectivity index (χ1) is 8.89. The average Bonchev–Trinajstić information content (AvgIpc) is 2.72. The van der Waals surface area contributed by atoms with Crippen LogP contribution in [0, 0.1) is 17.3 Å². The van der Waals surface area contributed by atoms with Crippen molar-refractivity contribution < 1.29 is 9.31 Å². The summed E-state index contributed by atoms with van der Waals surface area (Å²) in [4.78, 5) is 2.82. The molecule has 0 aromatic rings. The van der Waals surface area contributed by atoms with Crippen LogP contribution < -0.4 is 0 Å². The Morgan fingerprint density at radius 3 is 2.79 bits per heavy atom. The number of rotatable bonds is 3. The topological polar surface area (TPSA) is 67.2 Å². The fourth-order valence-corrected chi connectivity index (χ4v) is 4.40. The molecule has 4 aliphatic rings. The molecule has 0 radical (unpaired) electrons. The van der Waals surface area contributed by atoms with Crippen molar-refractivity contribution in [3.8, 4) is 0 Å². The van der Waals surface area contributed by atoms with Crippen molar-refractivity contribution in [3.05, 3.63) is 10.4 Å². The van der Waals surface area contributed by atoms with Gasteiger partial charge in [-0.3, -0.25) is 0 Å². The third kappa shape index (κ3) is 1.73. The first kappa shape index (κ1) is 13.3. The van der Waals surface area contributed by atoms with Crippen LogP contribution in [0.3, 0.4) is 0 Å². The molecular formula is C13H22BN3O2. The molecule has 1 aliphatic heterocycles. The van der Waals surface area contributed by atoms with E-state index in [0.29, 0.717) is 17.9 Å². The Morgan fingerprint density at radius 1 is 1.42 bits per heavy atom. The molecule has 5 nitrogen and oxygen atoms in total. The van der Waals surface area contributed by atoms with E-state index in [2.05, 4.69) is 30.8 Å². The van der Waals surface area contributed by atoms with Crippen LogP contribution >= 0.6 is 0 Å². The second-order valence-electron chi connectivity index (χ2n) is 7.23. The van der Waals surface area contributed by atoms with Crippen LogP contribution in [0.25, 0.3) is 10.4 Å². The summed E-state index contributed by atoms with van der Waals surface area (Å²) in [5.74, 6) is 1.46. The molecule has 1 saturated heterocycles. The van der Waals surface area contributed by atoms with E-state index >= 15 is 0 Å². The number of nitrogens with zero attached hydrogens (tertiary/aromatic N) is 3. The Morgan fingerprint density at radius 2 is 2.16 bits per heavy atom. The van der Waals surface area contributed by atoms with Crippen LogP contribution in [0.4, 0.5) is 0 Å². The SMILES string of the molecule is C[C@@H](CN=[N+]=[N-])B1O[C@@H]2C[C@@H]3C[C@@H](C3(C)C)[C@]2(C)O1. The van der Waals surface area contributed by atoms with Gasteiger partial charge < -0.3 is 9.31 Å². The summed E-state index contributed by atoms with van der Waals surface area (Å²) in [6.07, 6.45) is 2.58. The lowest BCUT2D eigenvalue weighted by molar-refractivity contribution is -0.199. The zero-order chi connectivity index (χ0) is 13.8. The van der Waals surface area contributed by atoms with Crippen molar-refractivity contribution in [1.29, 1.82) is 0 Å². The molecule has 3 aliphatic carbocycles. The molecule has 4 fully saturated rings. The molecule has 5 atom stereocenters. The standard InChI is InChI=1S/C13H22BN3O2/c1-8(7-16-17-15)14-18-11-6-9-5-10(12(9,2)3)13(11,4)19-14/h8-11H,5-7H2,1-4H3/t8-,9-,10-,11+,13-/m0/s1. The minimum Gasteiger partial charge on any atom is -0.405 e. The smallest absolute Gasteiger partial charge is 0.405 e. The first-order valence-corrected chi connectivity index (χ1v) is 7.23. The lowest BCUT2D eigenvalue weighted by Gasteiger charge is -2.64. The predicted octanol–water partition coefficient (Wildman–Crippen LogP) is 3.42. The molecule has 2 bridgehead atoms. The lowest BCUT2D eigenvalue weighted by Crippen LogP contribution is -2.65. The molecule has 0 amide bonds. The number of hydrogen-bond donors (Lipinski definition) is 0. The quantitative estimate of drug-likeness (QED) is 0.339. The third-order valence-electron chi connectivity index (χ3n) is 5.87. The number of hydrogen-bond acceptors (Lipinski definition) is 3. The average molecular weight is 263 g/mol. The van der Waals surface area contributed by atoms with E-state index < -0.39 is 0 Å². The lowest BCUT2D eigenvalue weighted by atomic mass is 9.43. The molecule has 0 aromatic heterocycles. The highest BCUT2D eigenvalue weighted by Crippen LogP contribution is 2.66. The fraction of sp³-hybridized carbons (Fsp3) is 1.00. The molecule has 0 unspecified atom stereocenters. The van der Waals surface area contributed by atoms with E-state index in [4.69, 9.17) is 14.8 Å². The summed E-state index contributed by atoms with van der Waals surface area (Å²) in [6, 6.07) is 0. The van der Waals surface area contributed by atoms with Crippen molar-refractivity contribution in [2.24, 2.45) is 22.4 Å². The molecule has 104 valence electrons. The molecular weight excluding hydrogens is 241 g/mol. The van der Waals surface area contributed by atoms with Gasteiger partial charge in [-0.2, -0.15) is 0 Å². The van der Waals surface area contributed by atoms with Crippen LogP contribution in [0.15, 0.2) is 5.11 Å². The van der Waals surface area contributed by atoms with Crippen LogP contribution in [0.2, 0.25) is 5.82 Å². The summed E-state index contributed by atoms with van der Waals surface area (Å²) in [7, 11) is -0.226. The minimum atomic E-state index is -0.226. The van der Waals surface area contributed by atoms with Crippen molar-refractivity contribution in [3.63, 3.8) is 0 Å². The summed E-state index contributed by atoms with van der Waals surface area (Å²) in [6.45, 7) is 9.37. The van der Waals surface area contributed by atoms with Crippen molar-refractivity contribution in [2.45, 2.75) is 58.1 Å². The summed E-state index contributed by atoms with van der Waals surface area (Å²) < 4.78 is 12.4. The highest BCUT2D eigenvalue weighted by molar-refractivity contribution is 6.47. The maximum atomic E-state index is 8.41. The molecule has 0 spiro atoms. The van der Waals surface area contributed by atoms with Gasteiger partial charge in [0.15, 0.2) is 0 Å². The van der Waals surface area contributed by atoms with E-state index in [0.717, 1.165) is 12.3 Å². The largest absolute Gasteiger partial charge is 0.460 e. The maximum absolute atomic E-state index is 8.41. The second kappa shape index (κ2) is 4.14. The Hall–Kier alpha value is -0.705. The third-order valence-corrected chi connectivity index (χ3v) is 5.87. The Bertz CT molecular complexity index is 438. The monoisotopic (exact) mass is 263 g/mol. The van der Waals surface area contributed by atoms with Gasteiger partial charge in [-0.25, -0.2) is 0 Å². The second-order valence-corrected chi connectivity index (χ2v) is 7.23. The summed E-state index contributed by atoms with van der Waals surface area (Å²) >= 11 is 0. The highest BCUT2D eigenvalue weighted by atomic mass is 16.7. The van der Waals surface area contributed by atoms with Crippen LogP contribution in [-0.2, 0) is 9.31 Å². The normalized spacial score (nSPS) is 44.0. The van der Waals surface area contributed by atoms with Crippen molar-refractivity contribution in [1.82, 2.24) is 0 Å². The zero-order valence-electron chi connectivity index (χ0n) is 12.2. The predicted molar refractivity (Wildman–Crippen MR) is 73.5 cm³/mol. The van der Waals surface area contributed by atoms with Gasteiger partial charge in [0.25, 0.3) is 0 Å². The molecule has 1 heterocycles. The Labute approximate surface area is 114 Å². The van der Waals surface area contributed by atoms with Crippen molar-refractivity contribution in [2.75, 3.05) is 6.54 Å². The van der Waals surface area contributed by atoms with Gasteiger partial charge in [0.2, 0.25) is 0 Å². The molecule has 4 rings (SSSR count). The Kier molecular flexibility index (Phi) is 2.90. The van der Waals surface area contributed by atoms with Gasteiger partial charge in [-0.1, -0.05) is 25.9 Å². The summed E-state index contributed by atoms with van der Waals surface area (Å²) in [5, 5.41) is 3.63. The van der Waals surface area contributed by atoms with Gasteiger partial charge in [0, 0.05) is 11.5 Å². The van der Waals surface area contributed by atoms with Gasteiger partial charge in [-0.15, -0.1) is 0 Å². The molecule has 0 N–H and O–H groups in total. The van der Waals surface area contributed by atoms with Crippen molar-refractivity contribution >= 4 is 7.12 Å². The Balaban J connectivity index is 1.75. The maximum Gasteiger partial charge on any atom is 0.460 e. The fourth-order valence-electron chi connectivity index (χ4n) is 4.40. The molecule has 19 heavy (non-hydrogen) atoms. The molecule has 6 heteroatoms. The van der Waals surface area contributed by atoms with E-state index in [1.165, 1.54) is 6.42 Å². The van der Waals surface area contributed by atoms with Crippen LogP contribution in [-0.4, -0.2) is 25.4 Å². The van der Waals surface area contributed by atoms with Gasteiger partial charge in [-0.05, 0) is 48.4 Å². The number of azide groups is 1. The van der Waals surface area contributed by atoms with Crippen LogP contribution in [0.1, 0.15) is 40.5 Å². The van der Waals surface area contributed by atoms with Gasteiger partial charge in [0.1, 0.15) is 0 Å². The van der Waals surface area contributed by atoms with Gasteiger partial charge in [0.05, 0.1) is 11.7 Å². The molecule has 0 aromatic carbocycles. The van der Waals surface area contributed by atoms with E-state index in [1.54, 1.807) is 0 Å².